The highest BCUT2D eigenvalue weighted by Crippen LogP contribution is 2.21. The minimum absolute atomic E-state index is 0.615. The van der Waals surface area contributed by atoms with Crippen LogP contribution in [0.1, 0.15) is 69.5 Å². The number of hydrogen-bond donors (Lipinski definition) is 2. The summed E-state index contributed by atoms with van der Waals surface area (Å²) in [6, 6.07) is 0.615. The van der Waals surface area contributed by atoms with Gasteiger partial charge >= 0.3 is 0 Å². The average Bonchev–Trinajstić information content (AvgIpc) is 3.16. The van der Waals surface area contributed by atoms with Crippen molar-refractivity contribution < 1.29 is 0 Å². The Kier molecular flexibility index (Phi) is 8.39. The Morgan fingerprint density at radius 3 is 2.63 bits per heavy atom. The Bertz CT molecular complexity index is 571. The lowest BCUT2D eigenvalue weighted by atomic mass is 9.95. The molecule has 0 spiro atoms. The quantitative estimate of drug-likeness (QED) is 0.548. The van der Waals surface area contributed by atoms with E-state index in [1.165, 1.54) is 68.7 Å². The highest BCUT2D eigenvalue weighted by atomic mass is 32.1. The molecule has 0 bridgehead atoms. The van der Waals surface area contributed by atoms with E-state index in [1.54, 1.807) is 11.3 Å². The average molecular weight is 392 g/mol. The first-order valence-corrected chi connectivity index (χ1v) is 11.8. The van der Waals surface area contributed by atoms with Crippen LogP contribution in [0.15, 0.2) is 10.4 Å². The van der Waals surface area contributed by atoms with E-state index in [1.807, 2.05) is 0 Å². The summed E-state index contributed by atoms with van der Waals surface area (Å²) in [7, 11) is 0. The Labute approximate surface area is 169 Å². The van der Waals surface area contributed by atoms with Crippen LogP contribution in [0.5, 0.6) is 0 Å². The van der Waals surface area contributed by atoms with Gasteiger partial charge in [-0.15, -0.1) is 11.3 Å². The van der Waals surface area contributed by atoms with Crippen molar-refractivity contribution in [1.82, 2.24) is 20.5 Å². The van der Waals surface area contributed by atoms with Gasteiger partial charge in [-0.3, -0.25) is 9.89 Å². The van der Waals surface area contributed by atoms with E-state index < -0.39 is 0 Å². The predicted molar refractivity (Wildman–Crippen MR) is 115 cm³/mol. The lowest BCUT2D eigenvalue weighted by Crippen LogP contribution is -2.44. The summed E-state index contributed by atoms with van der Waals surface area (Å²) in [6.07, 6.45) is 10.2. The largest absolute Gasteiger partial charge is 0.357 e. The maximum atomic E-state index is 4.92. The number of hydrogen-bond acceptors (Lipinski definition) is 4. The minimum atomic E-state index is 0.615. The van der Waals surface area contributed by atoms with Gasteiger partial charge in [0, 0.05) is 31.1 Å². The molecule has 2 aliphatic rings. The molecule has 1 aliphatic carbocycles. The molecule has 3 rings (SSSR count). The monoisotopic (exact) mass is 391 g/mol. The SMILES string of the molecule is CCNC(=NCC1CCN(Cc2csc(CC)n2)CC1)NC1CCCCC1. The van der Waals surface area contributed by atoms with E-state index >= 15 is 0 Å². The molecular formula is C21H37N5S. The van der Waals surface area contributed by atoms with Crippen molar-refractivity contribution in [3.63, 3.8) is 0 Å². The highest BCUT2D eigenvalue weighted by molar-refractivity contribution is 7.09. The van der Waals surface area contributed by atoms with E-state index in [-0.39, 0.29) is 0 Å². The van der Waals surface area contributed by atoms with Gasteiger partial charge in [0.05, 0.1) is 10.7 Å². The summed E-state index contributed by atoms with van der Waals surface area (Å²) in [5, 5.41) is 10.6. The van der Waals surface area contributed by atoms with Crippen molar-refractivity contribution in [1.29, 1.82) is 0 Å². The number of aromatic nitrogens is 1. The lowest BCUT2D eigenvalue weighted by Gasteiger charge is -2.31. The summed E-state index contributed by atoms with van der Waals surface area (Å²) < 4.78 is 0. The smallest absolute Gasteiger partial charge is 0.191 e. The first-order chi connectivity index (χ1) is 13.3. The number of likely N-dealkylation sites (tertiary alicyclic amines) is 1. The second-order valence-electron chi connectivity index (χ2n) is 8.00. The van der Waals surface area contributed by atoms with Crippen LogP contribution in [0.25, 0.3) is 0 Å². The van der Waals surface area contributed by atoms with E-state index in [4.69, 9.17) is 9.98 Å². The number of thiazole rings is 1. The summed E-state index contributed by atoms with van der Waals surface area (Å²) in [5.74, 6) is 1.74. The molecule has 6 heteroatoms. The molecule has 0 radical (unpaired) electrons. The van der Waals surface area contributed by atoms with Crippen LogP contribution in [0.2, 0.25) is 0 Å². The number of rotatable bonds is 7. The Hall–Kier alpha value is -1.14. The maximum absolute atomic E-state index is 4.92. The third-order valence-corrected chi connectivity index (χ3v) is 6.83. The lowest BCUT2D eigenvalue weighted by molar-refractivity contribution is 0.179. The fourth-order valence-corrected chi connectivity index (χ4v) is 4.86. The molecule has 0 aromatic carbocycles. The second-order valence-corrected chi connectivity index (χ2v) is 8.95. The zero-order chi connectivity index (χ0) is 18.9. The Morgan fingerprint density at radius 2 is 1.96 bits per heavy atom. The highest BCUT2D eigenvalue weighted by Gasteiger charge is 2.20. The number of aryl methyl sites for hydroxylation is 1. The van der Waals surface area contributed by atoms with Gasteiger partial charge in [0.2, 0.25) is 0 Å². The van der Waals surface area contributed by atoms with Crippen LogP contribution in [0.4, 0.5) is 0 Å². The number of nitrogens with zero attached hydrogens (tertiary/aromatic N) is 3. The molecule has 27 heavy (non-hydrogen) atoms. The summed E-state index contributed by atoms with van der Waals surface area (Å²) in [4.78, 5) is 12.2. The maximum Gasteiger partial charge on any atom is 0.191 e. The third-order valence-electron chi connectivity index (χ3n) is 5.79. The summed E-state index contributed by atoms with van der Waals surface area (Å²) >= 11 is 1.80. The molecule has 152 valence electrons. The van der Waals surface area contributed by atoms with Crippen molar-refractivity contribution >= 4 is 17.3 Å². The standard InChI is InChI=1S/C21H37N5S/c1-3-20-24-19(16-27-20)15-26-12-10-17(11-13-26)14-23-21(22-4-2)25-18-8-6-5-7-9-18/h16-18H,3-15H2,1-2H3,(H2,22,23,25). The van der Waals surface area contributed by atoms with Gasteiger partial charge in [-0.25, -0.2) is 4.98 Å². The van der Waals surface area contributed by atoms with Crippen molar-refractivity contribution in [2.45, 2.75) is 77.8 Å². The molecule has 1 aromatic heterocycles. The zero-order valence-corrected chi connectivity index (χ0v) is 18.0. The molecule has 5 nitrogen and oxygen atoms in total. The predicted octanol–water partition coefficient (Wildman–Crippen LogP) is 3.81. The molecule has 1 aromatic rings. The van der Waals surface area contributed by atoms with Crippen molar-refractivity contribution in [3.05, 3.63) is 16.1 Å². The molecule has 0 atom stereocenters. The van der Waals surface area contributed by atoms with Gasteiger partial charge in [-0.2, -0.15) is 0 Å². The van der Waals surface area contributed by atoms with Gasteiger partial charge in [-0.1, -0.05) is 26.2 Å². The van der Waals surface area contributed by atoms with Crippen molar-refractivity contribution in [3.8, 4) is 0 Å². The van der Waals surface area contributed by atoms with Crippen LogP contribution < -0.4 is 10.6 Å². The van der Waals surface area contributed by atoms with Gasteiger partial charge in [-0.05, 0) is 58.0 Å². The molecule has 0 unspecified atom stereocenters. The first-order valence-electron chi connectivity index (χ1n) is 11.0. The molecular weight excluding hydrogens is 354 g/mol. The topological polar surface area (TPSA) is 52.6 Å². The molecule has 2 N–H and O–H groups in total. The fraction of sp³-hybridized carbons (Fsp3) is 0.810. The molecule has 2 fully saturated rings. The Morgan fingerprint density at radius 1 is 1.19 bits per heavy atom. The molecule has 2 heterocycles. The molecule has 0 amide bonds. The van der Waals surface area contributed by atoms with Crippen molar-refractivity contribution in [2.75, 3.05) is 26.2 Å². The minimum Gasteiger partial charge on any atom is -0.357 e. The molecule has 1 saturated heterocycles. The number of aliphatic imine (C=N–C) groups is 1. The van der Waals surface area contributed by atoms with E-state index in [0.717, 1.165) is 32.0 Å². The van der Waals surface area contributed by atoms with Gasteiger partial charge in [0.1, 0.15) is 0 Å². The van der Waals surface area contributed by atoms with Crippen molar-refractivity contribution in [2.24, 2.45) is 10.9 Å². The molecule has 1 saturated carbocycles. The van der Waals surface area contributed by atoms with Crippen LogP contribution in [-0.4, -0.2) is 48.1 Å². The first kappa shape index (κ1) is 20.6. The van der Waals surface area contributed by atoms with E-state index in [2.05, 4.69) is 34.8 Å². The number of piperidine rings is 1. The zero-order valence-electron chi connectivity index (χ0n) is 17.2. The second kappa shape index (κ2) is 11.0. The molecule has 1 aliphatic heterocycles. The normalized spacial score (nSPS) is 20.7. The van der Waals surface area contributed by atoms with Gasteiger partial charge in [0.15, 0.2) is 5.96 Å². The summed E-state index contributed by atoms with van der Waals surface area (Å²) in [5.41, 5.74) is 1.25. The van der Waals surface area contributed by atoms with Gasteiger partial charge in [0.25, 0.3) is 0 Å². The number of guanidine groups is 1. The van der Waals surface area contributed by atoms with Gasteiger partial charge < -0.3 is 10.6 Å². The van der Waals surface area contributed by atoms with E-state index in [0.29, 0.717) is 12.0 Å². The van der Waals surface area contributed by atoms with Crippen LogP contribution >= 0.6 is 11.3 Å². The van der Waals surface area contributed by atoms with E-state index in [9.17, 15) is 0 Å². The fourth-order valence-electron chi connectivity index (χ4n) is 4.12. The van der Waals surface area contributed by atoms with Crippen LogP contribution in [-0.2, 0) is 13.0 Å². The Balaban J connectivity index is 1.41. The third kappa shape index (κ3) is 6.75. The van der Waals surface area contributed by atoms with Crippen LogP contribution in [0, 0.1) is 5.92 Å². The summed E-state index contributed by atoms with van der Waals surface area (Å²) in [6.45, 7) is 9.57. The van der Waals surface area contributed by atoms with Crippen LogP contribution in [0.3, 0.4) is 0 Å². The number of nitrogens with one attached hydrogen (secondary N) is 2.